The van der Waals surface area contributed by atoms with Gasteiger partial charge in [0.2, 0.25) is 0 Å². The molecule has 0 saturated heterocycles. The molecule has 0 amide bonds. The number of nitrogens with one attached hydrogen (secondary N) is 1. The molecule has 0 aromatic heterocycles. The molecule has 102 valence electrons. The lowest BCUT2D eigenvalue weighted by Gasteiger charge is -2.09. The fraction of sp³-hybridized carbons (Fsp3) is 0.0667. The fourth-order valence-corrected chi connectivity index (χ4v) is 1.78. The molecule has 3 N–H and O–H groups in total. The van der Waals surface area contributed by atoms with Crippen LogP contribution >= 0.6 is 0 Å². The van der Waals surface area contributed by atoms with Gasteiger partial charge in [0, 0.05) is 12.2 Å². The Kier molecular flexibility index (Phi) is 4.00. The summed E-state index contributed by atoms with van der Waals surface area (Å²) in [6.45, 7) is 0.489. The predicted molar refractivity (Wildman–Crippen MR) is 74.1 cm³/mol. The maximum absolute atomic E-state index is 11.0. The van der Waals surface area contributed by atoms with Crippen LogP contribution < -0.4 is 5.32 Å². The highest BCUT2D eigenvalue weighted by Crippen LogP contribution is 2.16. The molecule has 2 rings (SSSR count). The number of carboxylic acid groups (broad SMARTS) is 2. The molecule has 0 aliphatic rings. The van der Waals surface area contributed by atoms with Crippen LogP contribution in [0.25, 0.3) is 0 Å². The van der Waals surface area contributed by atoms with Crippen LogP contribution in [0.5, 0.6) is 0 Å². The molecule has 0 spiro atoms. The molecule has 0 unspecified atom stereocenters. The Morgan fingerprint density at radius 2 is 1.45 bits per heavy atom. The largest absolute Gasteiger partial charge is 0.478 e. The quantitative estimate of drug-likeness (QED) is 0.778. The second-order valence-electron chi connectivity index (χ2n) is 4.25. The predicted octanol–water partition coefficient (Wildman–Crippen LogP) is 2.70. The average molecular weight is 271 g/mol. The Morgan fingerprint density at radius 1 is 0.900 bits per heavy atom. The summed E-state index contributed by atoms with van der Waals surface area (Å²) in [5, 5.41) is 21.0. The van der Waals surface area contributed by atoms with Gasteiger partial charge in [0.05, 0.1) is 11.1 Å². The highest BCUT2D eigenvalue weighted by atomic mass is 16.4. The highest BCUT2D eigenvalue weighted by Gasteiger charge is 2.11. The van der Waals surface area contributed by atoms with E-state index in [1.807, 2.05) is 30.3 Å². The topological polar surface area (TPSA) is 86.6 Å². The van der Waals surface area contributed by atoms with E-state index in [1.54, 1.807) is 0 Å². The number of benzene rings is 2. The Labute approximate surface area is 115 Å². The van der Waals surface area contributed by atoms with Crippen LogP contribution in [0.4, 0.5) is 5.69 Å². The maximum Gasteiger partial charge on any atom is 0.335 e. The van der Waals surface area contributed by atoms with Crippen LogP contribution in [0.2, 0.25) is 0 Å². The summed E-state index contributed by atoms with van der Waals surface area (Å²) in [5.74, 6) is -2.31. The van der Waals surface area contributed by atoms with E-state index in [0.717, 1.165) is 11.6 Å². The zero-order valence-corrected chi connectivity index (χ0v) is 10.5. The Bertz CT molecular complexity index is 605. The number of hydrogen-bond donors (Lipinski definition) is 3. The van der Waals surface area contributed by atoms with E-state index in [-0.39, 0.29) is 11.1 Å². The van der Waals surface area contributed by atoms with Gasteiger partial charge < -0.3 is 15.5 Å². The normalized spacial score (nSPS) is 10.0. The van der Waals surface area contributed by atoms with Crippen molar-refractivity contribution in [2.75, 3.05) is 5.32 Å². The maximum atomic E-state index is 11.0. The molecule has 0 bridgehead atoms. The van der Waals surface area contributed by atoms with Crippen molar-refractivity contribution in [3.63, 3.8) is 0 Å². The molecule has 0 aliphatic heterocycles. The minimum absolute atomic E-state index is 0.0551. The highest BCUT2D eigenvalue weighted by molar-refractivity contribution is 5.95. The van der Waals surface area contributed by atoms with Crippen molar-refractivity contribution in [1.29, 1.82) is 0 Å². The zero-order valence-electron chi connectivity index (χ0n) is 10.5. The molecule has 5 heteroatoms. The van der Waals surface area contributed by atoms with Gasteiger partial charge in [-0.15, -0.1) is 0 Å². The minimum atomic E-state index is -1.16. The van der Waals surface area contributed by atoms with E-state index in [0.29, 0.717) is 12.2 Å². The molecule has 0 aliphatic carbocycles. The molecule has 0 saturated carbocycles. The van der Waals surface area contributed by atoms with E-state index < -0.39 is 11.9 Å². The number of carbonyl (C=O) groups is 2. The van der Waals surface area contributed by atoms with Crippen molar-refractivity contribution in [2.45, 2.75) is 6.54 Å². The summed E-state index contributed by atoms with van der Waals surface area (Å²) < 4.78 is 0. The molecular formula is C15H13NO4. The molecule has 0 heterocycles. The van der Waals surface area contributed by atoms with Crippen molar-refractivity contribution in [3.8, 4) is 0 Å². The zero-order chi connectivity index (χ0) is 14.5. The minimum Gasteiger partial charge on any atom is -0.478 e. The summed E-state index contributed by atoms with van der Waals surface area (Å²) in [7, 11) is 0. The molecular weight excluding hydrogens is 258 g/mol. The van der Waals surface area contributed by atoms with E-state index in [4.69, 9.17) is 10.2 Å². The Morgan fingerprint density at radius 3 is 1.95 bits per heavy atom. The molecule has 5 nitrogen and oxygen atoms in total. The molecule has 2 aromatic carbocycles. The summed E-state index contributed by atoms with van der Waals surface area (Å²) in [4.78, 5) is 22.0. The number of rotatable bonds is 5. The fourth-order valence-electron chi connectivity index (χ4n) is 1.78. The Hall–Kier alpha value is -2.82. The summed E-state index contributed by atoms with van der Waals surface area (Å²) >= 11 is 0. The third-order valence-corrected chi connectivity index (χ3v) is 2.77. The van der Waals surface area contributed by atoms with Gasteiger partial charge in [-0.3, -0.25) is 0 Å². The third kappa shape index (κ3) is 3.35. The van der Waals surface area contributed by atoms with Crippen LogP contribution in [-0.4, -0.2) is 22.2 Å². The van der Waals surface area contributed by atoms with Crippen LogP contribution in [0.15, 0.2) is 48.5 Å². The molecule has 2 aromatic rings. The van der Waals surface area contributed by atoms with Gasteiger partial charge in [-0.05, 0) is 23.8 Å². The van der Waals surface area contributed by atoms with Gasteiger partial charge in [-0.1, -0.05) is 30.3 Å². The van der Waals surface area contributed by atoms with Crippen molar-refractivity contribution in [2.24, 2.45) is 0 Å². The standard InChI is InChI=1S/C15H13NO4/c17-14(18)11-6-12(15(19)20)8-13(7-11)16-9-10-4-2-1-3-5-10/h1-8,16H,9H2,(H,17,18)(H,19,20). The van der Waals surface area contributed by atoms with E-state index in [1.165, 1.54) is 12.1 Å². The smallest absolute Gasteiger partial charge is 0.335 e. The van der Waals surface area contributed by atoms with Gasteiger partial charge >= 0.3 is 11.9 Å². The molecule has 0 radical (unpaired) electrons. The third-order valence-electron chi connectivity index (χ3n) is 2.77. The van der Waals surface area contributed by atoms with Crippen LogP contribution in [0.3, 0.4) is 0 Å². The second-order valence-corrected chi connectivity index (χ2v) is 4.25. The number of anilines is 1. The first-order valence-corrected chi connectivity index (χ1v) is 5.96. The Balaban J connectivity index is 2.22. The number of hydrogen-bond acceptors (Lipinski definition) is 3. The molecule has 0 atom stereocenters. The van der Waals surface area contributed by atoms with Crippen molar-refractivity contribution in [1.82, 2.24) is 0 Å². The van der Waals surface area contributed by atoms with Crippen molar-refractivity contribution >= 4 is 17.6 Å². The van der Waals surface area contributed by atoms with Gasteiger partial charge in [0.25, 0.3) is 0 Å². The number of carboxylic acids is 2. The van der Waals surface area contributed by atoms with Crippen LogP contribution in [-0.2, 0) is 6.54 Å². The van der Waals surface area contributed by atoms with Crippen molar-refractivity contribution in [3.05, 3.63) is 65.2 Å². The monoisotopic (exact) mass is 271 g/mol. The second kappa shape index (κ2) is 5.88. The SMILES string of the molecule is O=C(O)c1cc(NCc2ccccc2)cc(C(=O)O)c1. The lowest BCUT2D eigenvalue weighted by molar-refractivity contribution is 0.0696. The number of aromatic carboxylic acids is 2. The van der Waals surface area contributed by atoms with E-state index in [9.17, 15) is 9.59 Å². The summed E-state index contributed by atoms with van der Waals surface area (Å²) in [5.41, 5.74) is 1.37. The summed E-state index contributed by atoms with van der Waals surface area (Å²) in [6, 6.07) is 13.5. The van der Waals surface area contributed by atoms with Gasteiger partial charge in [-0.25, -0.2) is 9.59 Å². The van der Waals surface area contributed by atoms with Gasteiger partial charge in [-0.2, -0.15) is 0 Å². The van der Waals surface area contributed by atoms with Crippen molar-refractivity contribution < 1.29 is 19.8 Å². The van der Waals surface area contributed by atoms with E-state index >= 15 is 0 Å². The lowest BCUT2D eigenvalue weighted by atomic mass is 10.1. The first-order chi connectivity index (χ1) is 9.56. The van der Waals surface area contributed by atoms with Crippen LogP contribution in [0, 0.1) is 0 Å². The summed E-state index contributed by atoms with van der Waals surface area (Å²) in [6.07, 6.45) is 0. The molecule has 20 heavy (non-hydrogen) atoms. The first-order valence-electron chi connectivity index (χ1n) is 5.96. The molecule has 0 fully saturated rings. The average Bonchev–Trinajstić information content (AvgIpc) is 2.45. The van der Waals surface area contributed by atoms with E-state index in [2.05, 4.69) is 5.32 Å². The van der Waals surface area contributed by atoms with Gasteiger partial charge in [0.15, 0.2) is 0 Å². The lowest BCUT2D eigenvalue weighted by Crippen LogP contribution is -2.06. The van der Waals surface area contributed by atoms with Crippen LogP contribution in [0.1, 0.15) is 26.3 Å². The first kappa shape index (κ1) is 13.6. The van der Waals surface area contributed by atoms with Gasteiger partial charge in [0.1, 0.15) is 0 Å².